The highest BCUT2D eigenvalue weighted by molar-refractivity contribution is 5.89. The van der Waals surface area contributed by atoms with Gasteiger partial charge in [0.1, 0.15) is 12.6 Å². The van der Waals surface area contributed by atoms with Crippen LogP contribution in [-0.4, -0.2) is 65.6 Å². The smallest absolute Gasteiger partial charge is 0.407 e. The van der Waals surface area contributed by atoms with Crippen molar-refractivity contribution < 1.29 is 41.8 Å². The number of alkyl halides is 4. The maximum atomic E-state index is 14.4. The van der Waals surface area contributed by atoms with Gasteiger partial charge in [-0.1, -0.05) is 48.5 Å². The summed E-state index contributed by atoms with van der Waals surface area (Å²) in [6, 6.07) is 12.9. The number of carboxylic acids is 1. The van der Waals surface area contributed by atoms with Crippen molar-refractivity contribution in [1.29, 1.82) is 0 Å². The van der Waals surface area contributed by atoms with E-state index < -0.39 is 55.4 Å². The van der Waals surface area contributed by atoms with E-state index in [1.54, 1.807) is 5.32 Å². The van der Waals surface area contributed by atoms with E-state index in [0.717, 1.165) is 22.3 Å². The number of nitrogens with zero attached hydrogens (tertiary/aromatic N) is 1. The molecule has 1 atom stereocenters. The summed E-state index contributed by atoms with van der Waals surface area (Å²) in [5.41, 5.74) is 3.76. The minimum Gasteiger partial charge on any atom is -0.480 e. The number of halogens is 4. The van der Waals surface area contributed by atoms with E-state index in [4.69, 9.17) is 9.84 Å². The van der Waals surface area contributed by atoms with Crippen LogP contribution in [0.4, 0.5) is 22.4 Å². The van der Waals surface area contributed by atoms with Gasteiger partial charge in [0.25, 0.3) is 11.8 Å². The summed E-state index contributed by atoms with van der Waals surface area (Å²) in [6.07, 6.45) is -2.49. The van der Waals surface area contributed by atoms with Crippen LogP contribution in [-0.2, 0) is 14.3 Å². The van der Waals surface area contributed by atoms with Gasteiger partial charge in [0.2, 0.25) is 0 Å². The number of aliphatic carboxylic acids is 1. The van der Waals surface area contributed by atoms with Gasteiger partial charge in [-0.2, -0.15) is 8.78 Å². The number of hydrogen-bond donors (Lipinski definition) is 2. The number of hydrogen-bond acceptors (Lipinski definition) is 4. The maximum absolute atomic E-state index is 14.4. The molecule has 2 aromatic carbocycles. The van der Waals surface area contributed by atoms with Crippen molar-refractivity contribution in [3.63, 3.8) is 0 Å². The molecule has 1 saturated heterocycles. The van der Waals surface area contributed by atoms with Crippen LogP contribution >= 0.6 is 0 Å². The van der Waals surface area contributed by atoms with E-state index in [-0.39, 0.29) is 17.4 Å². The molecule has 2 N–H and O–H groups in total. The molecule has 4 rings (SSSR count). The second-order valence-electron chi connectivity index (χ2n) is 8.23. The lowest BCUT2D eigenvalue weighted by Gasteiger charge is -2.26. The number of amides is 2. The predicted molar refractivity (Wildman–Crippen MR) is 111 cm³/mol. The van der Waals surface area contributed by atoms with Crippen molar-refractivity contribution in [3.8, 4) is 11.1 Å². The summed E-state index contributed by atoms with van der Waals surface area (Å²) in [5, 5.41) is 10.8. The number of carboxylic acid groups (broad SMARTS) is 1. The first-order valence-corrected chi connectivity index (χ1v) is 10.4. The van der Waals surface area contributed by atoms with Crippen LogP contribution in [0.1, 0.15) is 23.5 Å². The Bertz CT molecular complexity index is 1090. The van der Waals surface area contributed by atoms with Gasteiger partial charge in [0.05, 0.1) is 13.1 Å². The van der Waals surface area contributed by atoms with Crippen molar-refractivity contribution in [1.82, 2.24) is 10.2 Å². The Morgan fingerprint density at radius 3 is 2.18 bits per heavy atom. The molecule has 1 fully saturated rings. The molecule has 180 valence electrons. The second kappa shape index (κ2) is 8.62. The number of alkyl carbamates (subject to hydrolysis) is 1. The fraction of sp³-hybridized carbons (Fsp3) is 0.348. The Labute approximate surface area is 191 Å². The fourth-order valence-electron chi connectivity index (χ4n) is 4.37. The lowest BCUT2D eigenvalue weighted by molar-refractivity contribution is -0.163. The van der Waals surface area contributed by atoms with Crippen LogP contribution in [0.25, 0.3) is 11.1 Å². The van der Waals surface area contributed by atoms with Crippen LogP contribution in [0, 0.1) is 0 Å². The van der Waals surface area contributed by atoms with E-state index in [1.807, 2.05) is 48.5 Å². The topological polar surface area (TPSA) is 95.9 Å². The molecule has 7 nitrogen and oxygen atoms in total. The average molecular weight is 480 g/mol. The summed E-state index contributed by atoms with van der Waals surface area (Å²) in [5.74, 6) is -12.1. The highest BCUT2D eigenvalue weighted by Crippen LogP contribution is 2.44. The van der Waals surface area contributed by atoms with Crippen LogP contribution in [0.3, 0.4) is 0 Å². The Morgan fingerprint density at radius 1 is 1.06 bits per heavy atom. The summed E-state index contributed by atoms with van der Waals surface area (Å²) >= 11 is 0. The van der Waals surface area contributed by atoms with Gasteiger partial charge in [-0.3, -0.25) is 4.79 Å². The molecule has 0 radical (unpaired) electrons. The molecule has 11 heteroatoms. The summed E-state index contributed by atoms with van der Waals surface area (Å²) in [7, 11) is 0. The minimum absolute atomic E-state index is 0.0677. The highest BCUT2D eigenvalue weighted by Gasteiger charge is 2.55. The zero-order valence-electron chi connectivity index (χ0n) is 17.6. The van der Waals surface area contributed by atoms with E-state index in [2.05, 4.69) is 0 Å². The van der Waals surface area contributed by atoms with Gasteiger partial charge >= 0.3 is 18.0 Å². The molecule has 2 aliphatic rings. The Morgan fingerprint density at radius 2 is 1.62 bits per heavy atom. The first kappa shape index (κ1) is 23.5. The summed E-state index contributed by atoms with van der Waals surface area (Å²) < 4.78 is 60.9. The number of fused-ring (bicyclic) bond motifs is 3. The van der Waals surface area contributed by atoms with Crippen LogP contribution in [0.2, 0.25) is 0 Å². The third-order valence-electron chi connectivity index (χ3n) is 5.93. The number of carbonyl (C=O) groups excluding carboxylic acids is 2. The molecule has 2 aromatic rings. The van der Waals surface area contributed by atoms with Crippen molar-refractivity contribution in [3.05, 3.63) is 59.7 Å². The van der Waals surface area contributed by atoms with Crippen molar-refractivity contribution in [2.45, 2.75) is 30.2 Å². The number of carbonyl (C=O) groups is 3. The molecule has 0 bridgehead atoms. The molecular weight excluding hydrogens is 460 g/mol. The normalized spacial score (nSPS) is 18.8. The maximum Gasteiger partial charge on any atom is 0.407 e. The Hall–Kier alpha value is -3.63. The number of ether oxygens (including phenoxy) is 1. The summed E-state index contributed by atoms with van der Waals surface area (Å²) in [4.78, 5) is 35.2. The molecule has 0 unspecified atom stereocenters. The quantitative estimate of drug-likeness (QED) is 0.618. The van der Waals surface area contributed by atoms with Crippen molar-refractivity contribution in [2.24, 2.45) is 0 Å². The van der Waals surface area contributed by atoms with E-state index in [9.17, 15) is 31.9 Å². The first-order chi connectivity index (χ1) is 16.0. The van der Waals surface area contributed by atoms with E-state index >= 15 is 0 Å². The number of benzene rings is 2. The van der Waals surface area contributed by atoms with Crippen LogP contribution < -0.4 is 5.32 Å². The molecule has 0 aromatic heterocycles. The minimum atomic E-state index is -4.31. The van der Waals surface area contributed by atoms with Gasteiger partial charge in [-0.15, -0.1) is 0 Å². The SMILES string of the molecule is O=C(NCC(F)(F)C(=O)N1CC(F)(F)C[C@@H]1C(=O)O)OCC1c2ccccc2-c2ccccc21. The van der Waals surface area contributed by atoms with E-state index in [0.29, 0.717) is 0 Å². The van der Waals surface area contributed by atoms with Crippen molar-refractivity contribution in [2.75, 3.05) is 19.7 Å². The van der Waals surface area contributed by atoms with Gasteiger partial charge in [0.15, 0.2) is 0 Å². The number of nitrogens with one attached hydrogen (secondary N) is 1. The van der Waals surface area contributed by atoms with Crippen LogP contribution in [0.5, 0.6) is 0 Å². The lowest BCUT2D eigenvalue weighted by atomic mass is 9.98. The van der Waals surface area contributed by atoms with Gasteiger partial charge < -0.3 is 20.1 Å². The third kappa shape index (κ3) is 4.42. The molecule has 2 amide bonds. The fourth-order valence-corrected chi connectivity index (χ4v) is 4.37. The molecule has 1 aliphatic carbocycles. The standard InChI is InChI=1S/C23H20F4N2O5/c24-22(25)9-18(19(30)31)29(12-22)20(32)23(26,27)11-28-21(33)34-10-17-15-7-3-1-5-13(15)14-6-2-4-8-16(14)17/h1-8,17-18H,9-12H2,(H,28,33)(H,30,31)/t18-/m1/s1. The first-order valence-electron chi connectivity index (χ1n) is 10.4. The monoisotopic (exact) mass is 480 g/mol. The zero-order chi connectivity index (χ0) is 24.7. The second-order valence-corrected chi connectivity index (χ2v) is 8.23. The average Bonchev–Trinajstić information content (AvgIpc) is 3.30. The lowest BCUT2D eigenvalue weighted by Crippen LogP contribution is -2.53. The molecule has 0 saturated carbocycles. The predicted octanol–water partition coefficient (Wildman–Crippen LogP) is 3.48. The molecule has 1 heterocycles. The summed E-state index contributed by atoms with van der Waals surface area (Å²) in [6.45, 7) is -3.13. The largest absolute Gasteiger partial charge is 0.480 e. The van der Waals surface area contributed by atoms with Gasteiger partial charge in [-0.05, 0) is 22.3 Å². The zero-order valence-corrected chi connectivity index (χ0v) is 17.6. The molecule has 34 heavy (non-hydrogen) atoms. The number of rotatable bonds is 6. The highest BCUT2D eigenvalue weighted by atomic mass is 19.3. The molecule has 1 aliphatic heterocycles. The van der Waals surface area contributed by atoms with Crippen LogP contribution in [0.15, 0.2) is 48.5 Å². The van der Waals surface area contributed by atoms with E-state index in [1.165, 1.54) is 0 Å². The van der Waals surface area contributed by atoms with Crippen molar-refractivity contribution >= 4 is 18.0 Å². The third-order valence-corrected chi connectivity index (χ3v) is 5.93. The van der Waals surface area contributed by atoms with Gasteiger partial charge in [0, 0.05) is 12.3 Å². The Kier molecular flexibility index (Phi) is 5.96. The molecular formula is C23H20F4N2O5. The van der Waals surface area contributed by atoms with Gasteiger partial charge in [-0.25, -0.2) is 18.4 Å². The number of likely N-dealkylation sites (tertiary alicyclic amines) is 1. The Balaban J connectivity index is 1.37. The molecule has 0 spiro atoms.